The van der Waals surface area contributed by atoms with Crippen LogP contribution in [0.15, 0.2) is 52.1 Å². The largest absolute Gasteiger partial charge is 0.332 e. The number of carbonyl (C=O) groups excluding carboxylic acids is 1. The summed E-state index contributed by atoms with van der Waals surface area (Å²) in [5.41, 5.74) is -0.773. The van der Waals surface area contributed by atoms with Gasteiger partial charge < -0.3 is 5.32 Å². The molecule has 0 saturated heterocycles. The molecule has 8 heteroatoms. The fourth-order valence-electron chi connectivity index (χ4n) is 3.03. The SMILES string of the molecule is CC[C@H](C)n1c(=O)c2ccccc2n(CC(=O)Nc2cc(F)cc(F)c2)c1=O. The number of hydrogen-bond acceptors (Lipinski definition) is 3. The Morgan fingerprint density at radius 1 is 1.11 bits per heavy atom. The Morgan fingerprint density at radius 2 is 1.75 bits per heavy atom. The Morgan fingerprint density at radius 3 is 2.39 bits per heavy atom. The van der Waals surface area contributed by atoms with Gasteiger partial charge in [-0.05, 0) is 37.6 Å². The highest BCUT2D eigenvalue weighted by molar-refractivity contribution is 5.91. The average molecular weight is 387 g/mol. The zero-order valence-corrected chi connectivity index (χ0v) is 15.4. The van der Waals surface area contributed by atoms with Crippen molar-refractivity contribution in [1.82, 2.24) is 9.13 Å². The average Bonchev–Trinajstić information content (AvgIpc) is 2.64. The first-order valence-electron chi connectivity index (χ1n) is 8.81. The molecule has 0 saturated carbocycles. The minimum atomic E-state index is -0.830. The lowest BCUT2D eigenvalue weighted by molar-refractivity contribution is -0.116. The maximum absolute atomic E-state index is 13.3. The first-order chi connectivity index (χ1) is 13.3. The Balaban J connectivity index is 2.06. The quantitative estimate of drug-likeness (QED) is 0.731. The van der Waals surface area contributed by atoms with E-state index < -0.39 is 35.3 Å². The van der Waals surface area contributed by atoms with Gasteiger partial charge in [-0.2, -0.15) is 0 Å². The van der Waals surface area contributed by atoms with E-state index in [9.17, 15) is 23.2 Å². The molecule has 0 bridgehead atoms. The third-order valence-electron chi connectivity index (χ3n) is 4.56. The van der Waals surface area contributed by atoms with Gasteiger partial charge in [0, 0.05) is 17.8 Å². The fraction of sp³-hybridized carbons (Fsp3) is 0.250. The van der Waals surface area contributed by atoms with E-state index >= 15 is 0 Å². The van der Waals surface area contributed by atoms with Crippen LogP contribution in [0.2, 0.25) is 0 Å². The molecular weight excluding hydrogens is 368 g/mol. The fourth-order valence-corrected chi connectivity index (χ4v) is 3.03. The van der Waals surface area contributed by atoms with Gasteiger partial charge in [-0.15, -0.1) is 0 Å². The molecule has 1 heterocycles. The van der Waals surface area contributed by atoms with Crippen LogP contribution in [0.3, 0.4) is 0 Å². The molecule has 0 fully saturated rings. The van der Waals surface area contributed by atoms with Gasteiger partial charge in [0.15, 0.2) is 0 Å². The summed E-state index contributed by atoms with van der Waals surface area (Å²) in [6, 6.07) is 8.79. The lowest BCUT2D eigenvalue weighted by atomic mass is 10.2. The molecular formula is C20H19F2N3O3. The zero-order chi connectivity index (χ0) is 20.4. The van der Waals surface area contributed by atoms with Gasteiger partial charge in [0.05, 0.1) is 10.9 Å². The Kier molecular flexibility index (Phi) is 5.39. The van der Waals surface area contributed by atoms with Crippen molar-refractivity contribution in [3.05, 3.63) is 74.9 Å². The predicted octanol–water partition coefficient (Wildman–Crippen LogP) is 3.05. The smallest absolute Gasteiger partial charge is 0.324 e. The monoisotopic (exact) mass is 387 g/mol. The third-order valence-corrected chi connectivity index (χ3v) is 4.56. The van der Waals surface area contributed by atoms with Gasteiger partial charge >= 0.3 is 5.69 Å². The van der Waals surface area contributed by atoms with Crippen molar-refractivity contribution in [2.75, 3.05) is 5.32 Å². The molecule has 3 aromatic rings. The number of nitrogens with one attached hydrogen (secondary N) is 1. The number of hydrogen-bond donors (Lipinski definition) is 1. The highest BCUT2D eigenvalue weighted by Crippen LogP contribution is 2.14. The summed E-state index contributed by atoms with van der Waals surface area (Å²) in [6.45, 7) is 3.19. The maximum atomic E-state index is 13.3. The number of aromatic nitrogens is 2. The Labute approximate surface area is 159 Å². The molecule has 0 radical (unpaired) electrons. The highest BCUT2D eigenvalue weighted by Gasteiger charge is 2.18. The minimum Gasteiger partial charge on any atom is -0.324 e. The van der Waals surface area contributed by atoms with E-state index in [1.165, 1.54) is 4.57 Å². The molecule has 1 N–H and O–H groups in total. The molecule has 0 spiro atoms. The lowest BCUT2D eigenvalue weighted by Gasteiger charge is -2.17. The topological polar surface area (TPSA) is 73.1 Å². The number of rotatable bonds is 5. The van der Waals surface area contributed by atoms with E-state index in [-0.39, 0.29) is 11.7 Å². The number of para-hydroxylation sites is 1. The van der Waals surface area contributed by atoms with Crippen molar-refractivity contribution in [2.24, 2.45) is 0 Å². The number of carbonyl (C=O) groups is 1. The molecule has 1 aromatic heterocycles. The van der Waals surface area contributed by atoms with Crippen LogP contribution in [0.25, 0.3) is 10.9 Å². The van der Waals surface area contributed by atoms with Gasteiger partial charge in [0.2, 0.25) is 5.91 Å². The van der Waals surface area contributed by atoms with Crippen molar-refractivity contribution in [3.8, 4) is 0 Å². The molecule has 1 amide bonds. The van der Waals surface area contributed by atoms with Crippen LogP contribution < -0.4 is 16.6 Å². The lowest BCUT2D eigenvalue weighted by Crippen LogP contribution is -2.43. The number of halogens is 2. The van der Waals surface area contributed by atoms with Crippen LogP contribution in [0.1, 0.15) is 26.3 Å². The van der Waals surface area contributed by atoms with E-state index in [1.54, 1.807) is 31.2 Å². The first-order valence-corrected chi connectivity index (χ1v) is 8.81. The summed E-state index contributed by atoms with van der Waals surface area (Å²) in [5, 5.41) is 2.69. The van der Waals surface area contributed by atoms with Gasteiger partial charge in [0.1, 0.15) is 18.2 Å². The summed E-state index contributed by atoms with van der Waals surface area (Å²) in [6.07, 6.45) is 0.558. The van der Waals surface area contributed by atoms with E-state index in [0.717, 1.165) is 16.7 Å². The Hall–Kier alpha value is -3.29. The molecule has 3 rings (SSSR count). The van der Waals surface area contributed by atoms with E-state index in [4.69, 9.17) is 0 Å². The van der Waals surface area contributed by atoms with E-state index in [0.29, 0.717) is 23.4 Å². The molecule has 2 aromatic carbocycles. The van der Waals surface area contributed by atoms with E-state index in [2.05, 4.69) is 5.32 Å². The molecule has 0 aliphatic heterocycles. The molecule has 28 heavy (non-hydrogen) atoms. The van der Waals surface area contributed by atoms with Crippen molar-refractivity contribution in [1.29, 1.82) is 0 Å². The van der Waals surface area contributed by atoms with Crippen LogP contribution in [0.5, 0.6) is 0 Å². The van der Waals surface area contributed by atoms with Crippen LogP contribution in [0, 0.1) is 11.6 Å². The number of amides is 1. The number of anilines is 1. The summed E-state index contributed by atoms with van der Waals surface area (Å²) < 4.78 is 28.9. The minimum absolute atomic E-state index is 0.0601. The molecule has 1 atom stereocenters. The van der Waals surface area contributed by atoms with Gasteiger partial charge in [-0.1, -0.05) is 19.1 Å². The molecule has 0 unspecified atom stereocenters. The number of fused-ring (bicyclic) bond motifs is 1. The molecule has 0 aliphatic carbocycles. The summed E-state index contributed by atoms with van der Waals surface area (Å²) in [4.78, 5) is 38.1. The van der Waals surface area contributed by atoms with E-state index in [1.807, 2.05) is 6.92 Å². The standard InChI is InChI=1S/C20H19F2N3O3/c1-3-12(2)25-19(27)16-6-4-5-7-17(16)24(20(25)28)11-18(26)23-15-9-13(21)8-14(22)10-15/h4-10,12H,3,11H2,1-2H3,(H,23,26)/t12-/m0/s1. The molecule has 0 aliphatic rings. The third kappa shape index (κ3) is 3.71. The summed E-state index contributed by atoms with van der Waals surface area (Å²) in [5.74, 6) is -2.31. The second-order valence-electron chi connectivity index (χ2n) is 6.52. The zero-order valence-electron chi connectivity index (χ0n) is 15.4. The maximum Gasteiger partial charge on any atom is 0.332 e. The van der Waals surface area contributed by atoms with Crippen LogP contribution in [-0.4, -0.2) is 15.0 Å². The van der Waals surface area contributed by atoms with Crippen LogP contribution >= 0.6 is 0 Å². The molecule has 146 valence electrons. The second kappa shape index (κ2) is 7.75. The first kappa shape index (κ1) is 19.5. The number of benzene rings is 2. The normalized spacial score (nSPS) is 12.1. The number of nitrogens with zero attached hydrogens (tertiary/aromatic N) is 2. The highest BCUT2D eigenvalue weighted by atomic mass is 19.1. The van der Waals surface area contributed by atoms with Gasteiger partial charge in [-0.25, -0.2) is 13.6 Å². The van der Waals surface area contributed by atoms with Crippen molar-refractivity contribution >= 4 is 22.5 Å². The summed E-state index contributed by atoms with van der Waals surface area (Å²) >= 11 is 0. The second-order valence-corrected chi connectivity index (χ2v) is 6.52. The van der Waals surface area contributed by atoms with Crippen LogP contribution in [0.4, 0.5) is 14.5 Å². The summed E-state index contributed by atoms with van der Waals surface area (Å²) in [7, 11) is 0. The Bertz CT molecular complexity index is 1150. The van der Waals surface area contributed by atoms with Crippen molar-refractivity contribution in [3.63, 3.8) is 0 Å². The van der Waals surface area contributed by atoms with Crippen molar-refractivity contribution in [2.45, 2.75) is 32.9 Å². The van der Waals surface area contributed by atoms with Crippen molar-refractivity contribution < 1.29 is 13.6 Å². The van der Waals surface area contributed by atoms with Crippen LogP contribution in [-0.2, 0) is 11.3 Å². The molecule has 6 nitrogen and oxygen atoms in total. The predicted molar refractivity (Wildman–Crippen MR) is 102 cm³/mol. The van der Waals surface area contributed by atoms with Gasteiger partial charge in [0.25, 0.3) is 5.56 Å². The van der Waals surface area contributed by atoms with Gasteiger partial charge in [-0.3, -0.25) is 18.7 Å².